The number of ether oxygens (including phenoxy) is 1. The molecule has 0 saturated heterocycles. The van der Waals surface area contributed by atoms with Gasteiger partial charge in [-0.05, 0) is 80.6 Å². The summed E-state index contributed by atoms with van der Waals surface area (Å²) >= 11 is 0. The van der Waals surface area contributed by atoms with Gasteiger partial charge in [-0.15, -0.1) is 0 Å². The van der Waals surface area contributed by atoms with Crippen molar-refractivity contribution in [2.24, 2.45) is 0 Å². The molecule has 0 heterocycles. The number of rotatable bonds is 11. The molecule has 220 valence electrons. The number of aliphatic hydroxyl groups excluding tert-OH is 1. The molecule has 0 aromatic heterocycles. The number of hydrogen-bond donors (Lipinski definition) is 3. The molecule has 8 nitrogen and oxygen atoms in total. The summed E-state index contributed by atoms with van der Waals surface area (Å²) < 4.78 is 5.32. The van der Waals surface area contributed by atoms with Crippen LogP contribution in [0.15, 0.2) is 60.7 Å². The summed E-state index contributed by atoms with van der Waals surface area (Å²) in [4.78, 5) is 42.0. The van der Waals surface area contributed by atoms with E-state index in [1.54, 1.807) is 20.8 Å². The zero-order chi connectivity index (χ0) is 30.2. The van der Waals surface area contributed by atoms with Crippen LogP contribution in [0.1, 0.15) is 69.7 Å². The normalized spacial score (nSPS) is 12.9. The topological polar surface area (TPSA) is 108 Å². The first-order valence-corrected chi connectivity index (χ1v) is 14.2. The first kappa shape index (κ1) is 31.6. The second kappa shape index (κ2) is 14.1. The molecule has 8 heteroatoms. The average Bonchev–Trinajstić information content (AvgIpc) is 2.91. The van der Waals surface area contributed by atoms with Crippen LogP contribution >= 0.6 is 0 Å². The summed E-state index contributed by atoms with van der Waals surface area (Å²) in [6, 6.07) is 16.9. The molecular weight excluding hydrogens is 518 g/mol. The second-order valence-corrected chi connectivity index (χ2v) is 11.4. The molecule has 0 aliphatic rings. The minimum Gasteiger partial charge on any atom is -0.444 e. The third-order valence-corrected chi connectivity index (χ3v) is 6.88. The summed E-state index contributed by atoms with van der Waals surface area (Å²) in [5, 5.41) is 17.7. The maximum atomic E-state index is 14.1. The number of aliphatic hydroxyl groups is 1. The minimum absolute atomic E-state index is 0.266. The van der Waals surface area contributed by atoms with E-state index < -0.39 is 36.3 Å². The van der Waals surface area contributed by atoms with Crippen molar-refractivity contribution in [2.45, 2.75) is 78.5 Å². The minimum atomic E-state index is -1.28. The Balaban J connectivity index is 2.02. The van der Waals surface area contributed by atoms with Gasteiger partial charge in [-0.3, -0.25) is 9.59 Å². The molecule has 41 heavy (non-hydrogen) atoms. The molecule has 0 fully saturated rings. The lowest BCUT2D eigenvalue weighted by Crippen LogP contribution is -2.54. The SMILES string of the molecule is CCCCCN(C(=O)C(CO)NC(=O)OC(C)(C)C)C(C(=O)Nc1ccc2ccccc2c1)c1ccc(C)c(C)c1. The Morgan fingerprint density at radius 3 is 2.27 bits per heavy atom. The number of amides is 3. The Kier molecular flexibility index (Phi) is 10.9. The molecule has 3 aromatic rings. The Morgan fingerprint density at radius 2 is 1.63 bits per heavy atom. The number of nitrogens with one attached hydrogen (secondary N) is 2. The smallest absolute Gasteiger partial charge is 0.408 e. The summed E-state index contributed by atoms with van der Waals surface area (Å²) in [5.41, 5.74) is 2.51. The molecular formula is C33H43N3O5. The Bertz CT molecular complexity index is 1360. The largest absolute Gasteiger partial charge is 0.444 e. The fourth-order valence-corrected chi connectivity index (χ4v) is 4.62. The number of fused-ring (bicyclic) bond motifs is 1. The highest BCUT2D eigenvalue weighted by Gasteiger charge is 2.36. The molecule has 0 saturated carbocycles. The first-order chi connectivity index (χ1) is 19.4. The zero-order valence-electron chi connectivity index (χ0n) is 25.0. The van der Waals surface area contributed by atoms with E-state index in [-0.39, 0.29) is 12.5 Å². The van der Waals surface area contributed by atoms with Crippen LogP contribution in [-0.4, -0.2) is 52.7 Å². The van der Waals surface area contributed by atoms with E-state index in [9.17, 15) is 19.5 Å². The van der Waals surface area contributed by atoms with Crippen LogP contribution in [0, 0.1) is 13.8 Å². The predicted molar refractivity (Wildman–Crippen MR) is 163 cm³/mol. The van der Waals surface area contributed by atoms with Crippen molar-refractivity contribution >= 4 is 34.4 Å². The van der Waals surface area contributed by atoms with Crippen molar-refractivity contribution in [3.05, 3.63) is 77.4 Å². The highest BCUT2D eigenvalue weighted by atomic mass is 16.6. The highest BCUT2D eigenvalue weighted by molar-refractivity contribution is 6.00. The molecule has 3 aromatic carbocycles. The number of unbranched alkanes of at least 4 members (excludes halogenated alkanes) is 2. The van der Waals surface area contributed by atoms with E-state index in [1.165, 1.54) is 4.90 Å². The van der Waals surface area contributed by atoms with Crippen molar-refractivity contribution in [3.8, 4) is 0 Å². The summed E-state index contributed by atoms with van der Waals surface area (Å²) in [6.45, 7) is 10.8. The monoisotopic (exact) mass is 561 g/mol. The third kappa shape index (κ3) is 8.79. The quantitative estimate of drug-likeness (QED) is 0.247. The van der Waals surface area contributed by atoms with Crippen LogP contribution in [-0.2, 0) is 14.3 Å². The van der Waals surface area contributed by atoms with Gasteiger partial charge in [0.05, 0.1) is 6.61 Å². The summed E-state index contributed by atoms with van der Waals surface area (Å²) in [7, 11) is 0. The van der Waals surface area contributed by atoms with Gasteiger partial charge < -0.3 is 25.4 Å². The van der Waals surface area contributed by atoms with Gasteiger partial charge in [0.25, 0.3) is 5.91 Å². The van der Waals surface area contributed by atoms with Gasteiger partial charge in [-0.1, -0.05) is 68.3 Å². The lowest BCUT2D eigenvalue weighted by Gasteiger charge is -2.34. The third-order valence-electron chi connectivity index (χ3n) is 6.88. The van der Waals surface area contributed by atoms with Crippen LogP contribution in [0.2, 0.25) is 0 Å². The molecule has 3 rings (SSSR count). The van der Waals surface area contributed by atoms with Crippen molar-refractivity contribution in [1.29, 1.82) is 0 Å². The van der Waals surface area contributed by atoms with Gasteiger partial charge in [0, 0.05) is 12.2 Å². The van der Waals surface area contributed by atoms with Crippen molar-refractivity contribution in [3.63, 3.8) is 0 Å². The van der Waals surface area contributed by atoms with Crippen LogP contribution in [0.25, 0.3) is 10.8 Å². The van der Waals surface area contributed by atoms with E-state index in [2.05, 4.69) is 17.6 Å². The number of hydrogen-bond acceptors (Lipinski definition) is 5. The Labute approximate surface area is 243 Å². The number of carbonyl (C=O) groups is 3. The maximum Gasteiger partial charge on any atom is 0.408 e. The van der Waals surface area contributed by atoms with Crippen molar-refractivity contribution in [1.82, 2.24) is 10.2 Å². The van der Waals surface area contributed by atoms with Crippen LogP contribution in [0.3, 0.4) is 0 Å². The lowest BCUT2D eigenvalue weighted by atomic mass is 9.98. The van der Waals surface area contributed by atoms with E-state index in [1.807, 2.05) is 74.5 Å². The number of anilines is 1. The van der Waals surface area contributed by atoms with E-state index in [0.29, 0.717) is 17.7 Å². The zero-order valence-corrected chi connectivity index (χ0v) is 25.0. The van der Waals surface area contributed by atoms with Gasteiger partial charge in [0.1, 0.15) is 17.7 Å². The van der Waals surface area contributed by atoms with Crippen LogP contribution in [0.5, 0.6) is 0 Å². The van der Waals surface area contributed by atoms with E-state index in [0.717, 1.165) is 34.7 Å². The van der Waals surface area contributed by atoms with Crippen molar-refractivity contribution in [2.75, 3.05) is 18.5 Å². The average molecular weight is 562 g/mol. The Morgan fingerprint density at radius 1 is 0.927 bits per heavy atom. The number of benzene rings is 3. The number of carbonyl (C=O) groups excluding carboxylic acids is 3. The Hall–Kier alpha value is -3.91. The molecule has 0 radical (unpaired) electrons. The van der Waals surface area contributed by atoms with Gasteiger partial charge in [0.15, 0.2) is 0 Å². The van der Waals surface area contributed by atoms with E-state index >= 15 is 0 Å². The molecule has 0 aliphatic heterocycles. The molecule has 3 N–H and O–H groups in total. The number of aryl methyl sites for hydroxylation is 2. The molecule has 0 bridgehead atoms. The second-order valence-electron chi connectivity index (χ2n) is 11.4. The molecule has 3 amide bonds. The number of nitrogens with zero attached hydrogens (tertiary/aromatic N) is 1. The molecule has 0 spiro atoms. The molecule has 2 unspecified atom stereocenters. The van der Waals surface area contributed by atoms with Crippen LogP contribution in [0.4, 0.5) is 10.5 Å². The lowest BCUT2D eigenvalue weighted by molar-refractivity contribution is -0.141. The number of alkyl carbamates (subject to hydrolysis) is 1. The van der Waals surface area contributed by atoms with Gasteiger partial charge in [-0.25, -0.2) is 4.79 Å². The van der Waals surface area contributed by atoms with Gasteiger partial charge in [-0.2, -0.15) is 0 Å². The van der Waals surface area contributed by atoms with Crippen molar-refractivity contribution < 1.29 is 24.2 Å². The maximum absolute atomic E-state index is 14.1. The van der Waals surface area contributed by atoms with Gasteiger partial charge >= 0.3 is 6.09 Å². The summed E-state index contributed by atoms with van der Waals surface area (Å²) in [6.07, 6.45) is 1.59. The molecule has 0 aliphatic carbocycles. The molecule has 2 atom stereocenters. The fourth-order valence-electron chi connectivity index (χ4n) is 4.62. The van der Waals surface area contributed by atoms with Gasteiger partial charge in [0.2, 0.25) is 5.91 Å². The predicted octanol–water partition coefficient (Wildman–Crippen LogP) is 6.04. The van der Waals surface area contributed by atoms with E-state index in [4.69, 9.17) is 4.74 Å². The first-order valence-electron chi connectivity index (χ1n) is 14.2. The standard InChI is InChI=1S/C33H43N3O5/c1-7-8-11-18-36(31(39)28(21-37)35-32(40)41-33(4,5)6)29(26-15-14-22(2)23(3)19-26)30(38)34-27-17-16-24-12-9-10-13-25(24)20-27/h9-10,12-17,19-20,28-29,37H,7-8,11,18,21H2,1-6H3,(H,34,38)(H,35,40). The fraction of sp³-hybridized carbons (Fsp3) is 0.424. The van der Waals surface area contributed by atoms with Crippen LogP contribution < -0.4 is 10.6 Å². The summed E-state index contributed by atoms with van der Waals surface area (Å²) in [5.74, 6) is -0.950. The highest BCUT2D eigenvalue weighted by Crippen LogP contribution is 2.28.